The van der Waals surface area contributed by atoms with E-state index >= 15 is 0 Å². The molecule has 1 amide bonds. The van der Waals surface area contributed by atoms with Crippen LogP contribution in [0.1, 0.15) is 18.4 Å². The molecule has 0 aromatic heterocycles. The Labute approximate surface area is 148 Å². The van der Waals surface area contributed by atoms with Crippen molar-refractivity contribution in [1.82, 2.24) is 15.1 Å². The zero-order valence-corrected chi connectivity index (χ0v) is 14.3. The zero-order chi connectivity index (χ0) is 17.2. The Morgan fingerprint density at radius 3 is 2.68 bits per heavy atom. The average Bonchev–Trinajstić information content (AvgIpc) is 3.07. The highest BCUT2D eigenvalue weighted by Crippen LogP contribution is 2.30. The number of nitrogens with one attached hydrogen (secondary N) is 1. The maximum Gasteiger partial charge on any atom is 0.248 e. The minimum atomic E-state index is -0.362. The largest absolute Gasteiger partial charge is 0.366 e. The van der Waals surface area contributed by atoms with Crippen molar-refractivity contribution in [3.05, 3.63) is 71.7 Å². The predicted molar refractivity (Wildman–Crippen MR) is 97.7 cm³/mol. The van der Waals surface area contributed by atoms with Crippen LogP contribution in [0.5, 0.6) is 0 Å². The van der Waals surface area contributed by atoms with E-state index in [1.807, 2.05) is 17.2 Å². The van der Waals surface area contributed by atoms with Gasteiger partial charge in [0.15, 0.2) is 0 Å². The van der Waals surface area contributed by atoms with Gasteiger partial charge in [-0.3, -0.25) is 9.69 Å². The number of amides is 1. The minimum absolute atomic E-state index is 0.139. The number of carbonyl (C=O) groups is 1. The van der Waals surface area contributed by atoms with Gasteiger partial charge in [-0.25, -0.2) is 0 Å². The molecule has 1 fully saturated rings. The van der Waals surface area contributed by atoms with Crippen LogP contribution in [0.25, 0.3) is 0 Å². The molecule has 0 aliphatic carbocycles. The van der Waals surface area contributed by atoms with Crippen molar-refractivity contribution in [2.24, 2.45) is 11.7 Å². The fourth-order valence-corrected chi connectivity index (χ4v) is 3.89. The molecular weight excluding hydrogens is 312 g/mol. The van der Waals surface area contributed by atoms with Gasteiger partial charge in [0.25, 0.3) is 0 Å². The molecule has 3 aliphatic rings. The smallest absolute Gasteiger partial charge is 0.248 e. The lowest BCUT2D eigenvalue weighted by Crippen LogP contribution is -2.42. The lowest BCUT2D eigenvalue weighted by Gasteiger charge is -2.33. The quantitative estimate of drug-likeness (QED) is 0.882. The fourth-order valence-electron chi connectivity index (χ4n) is 3.89. The Balaban J connectivity index is 1.35. The van der Waals surface area contributed by atoms with Crippen molar-refractivity contribution < 1.29 is 4.79 Å². The monoisotopic (exact) mass is 336 g/mol. The molecule has 0 radical (unpaired) electrons. The minimum Gasteiger partial charge on any atom is -0.366 e. The number of nitrogens with zero attached hydrogens (tertiary/aromatic N) is 2. The Kier molecular flexibility index (Phi) is 4.32. The van der Waals surface area contributed by atoms with Gasteiger partial charge >= 0.3 is 0 Å². The fraction of sp³-hybridized carbons (Fsp3) is 0.350. The molecule has 25 heavy (non-hydrogen) atoms. The molecule has 1 aromatic rings. The van der Waals surface area contributed by atoms with Gasteiger partial charge in [0.05, 0.1) is 5.57 Å². The maximum atomic E-state index is 11.6. The molecule has 0 saturated carbocycles. The van der Waals surface area contributed by atoms with Crippen LogP contribution in [0.15, 0.2) is 66.2 Å². The number of carbonyl (C=O) groups excluding carboxylic acids is 1. The zero-order valence-electron chi connectivity index (χ0n) is 14.3. The first-order valence-electron chi connectivity index (χ1n) is 8.91. The lowest BCUT2D eigenvalue weighted by molar-refractivity contribution is -0.115. The molecule has 4 rings (SSSR count). The number of benzene rings is 1. The summed E-state index contributed by atoms with van der Waals surface area (Å²) in [6.07, 6.45) is 9.92. The van der Waals surface area contributed by atoms with Gasteiger partial charge in [0, 0.05) is 30.6 Å². The number of rotatable bonds is 4. The molecule has 5 nitrogen and oxygen atoms in total. The van der Waals surface area contributed by atoms with Crippen LogP contribution in [0.3, 0.4) is 0 Å². The van der Waals surface area contributed by atoms with E-state index in [1.54, 1.807) is 6.08 Å². The Bertz CT molecular complexity index is 729. The summed E-state index contributed by atoms with van der Waals surface area (Å²) in [4.78, 5) is 16.2. The second-order valence-electron chi connectivity index (χ2n) is 6.94. The number of allylic oxidation sites excluding steroid dienone is 3. The number of nitrogens with two attached hydrogens (primary N) is 1. The van der Waals surface area contributed by atoms with E-state index in [-0.39, 0.29) is 12.1 Å². The number of hydrogen-bond acceptors (Lipinski definition) is 4. The van der Waals surface area contributed by atoms with Crippen LogP contribution < -0.4 is 11.1 Å². The van der Waals surface area contributed by atoms with Crippen molar-refractivity contribution in [3.63, 3.8) is 0 Å². The number of primary amides is 1. The Hall–Kier alpha value is -2.53. The summed E-state index contributed by atoms with van der Waals surface area (Å²) in [5.41, 5.74) is 8.72. The molecule has 1 unspecified atom stereocenters. The highest BCUT2D eigenvalue weighted by molar-refractivity contribution is 5.94. The summed E-state index contributed by atoms with van der Waals surface area (Å²) in [5, 5.41) is 3.51. The van der Waals surface area contributed by atoms with Crippen LogP contribution in [0.2, 0.25) is 0 Å². The Morgan fingerprint density at radius 1 is 1.20 bits per heavy atom. The molecule has 0 spiro atoms. The highest BCUT2D eigenvalue weighted by atomic mass is 16.1. The third-order valence-corrected chi connectivity index (χ3v) is 5.28. The molecule has 1 saturated heterocycles. The molecule has 3 aliphatic heterocycles. The first kappa shape index (κ1) is 16.0. The summed E-state index contributed by atoms with van der Waals surface area (Å²) in [6, 6.07) is 10.6. The number of piperidine rings is 1. The van der Waals surface area contributed by atoms with Crippen molar-refractivity contribution in [2.75, 3.05) is 13.1 Å². The molecule has 1 aromatic carbocycles. The van der Waals surface area contributed by atoms with E-state index < -0.39 is 0 Å². The van der Waals surface area contributed by atoms with E-state index in [9.17, 15) is 4.79 Å². The average molecular weight is 336 g/mol. The number of hydrogen-bond donors (Lipinski definition) is 2. The van der Waals surface area contributed by atoms with Gasteiger partial charge in [-0.15, -0.1) is 0 Å². The van der Waals surface area contributed by atoms with Crippen LogP contribution in [-0.2, 0) is 11.3 Å². The molecule has 3 heterocycles. The maximum absolute atomic E-state index is 11.6. The number of fused-ring (bicyclic) bond motifs is 1. The first-order chi connectivity index (χ1) is 12.2. The van der Waals surface area contributed by atoms with Gasteiger partial charge in [0.1, 0.15) is 6.17 Å². The summed E-state index contributed by atoms with van der Waals surface area (Å²) < 4.78 is 0. The molecule has 3 N–H and O–H groups in total. The van der Waals surface area contributed by atoms with Crippen molar-refractivity contribution in [3.8, 4) is 0 Å². The van der Waals surface area contributed by atoms with Gasteiger partial charge in [-0.05, 0) is 43.6 Å². The SMILES string of the molecule is NC(=O)C1=CC=CN2C=C(C3CCN(Cc4ccccc4)CC3)NC12. The van der Waals surface area contributed by atoms with Gasteiger partial charge in [0.2, 0.25) is 5.91 Å². The normalized spacial score (nSPS) is 23.7. The third-order valence-electron chi connectivity index (χ3n) is 5.28. The van der Waals surface area contributed by atoms with Crippen LogP contribution in [0, 0.1) is 5.92 Å². The molecule has 0 bridgehead atoms. The Morgan fingerprint density at radius 2 is 1.96 bits per heavy atom. The summed E-state index contributed by atoms with van der Waals surface area (Å²) >= 11 is 0. The standard InChI is InChI=1S/C20H24N4O/c21-19(25)17-7-4-10-24-14-18(22-20(17)24)16-8-11-23(12-9-16)13-15-5-2-1-3-6-15/h1-7,10,14,16,20,22H,8-9,11-13H2,(H2,21,25). The second-order valence-corrected chi connectivity index (χ2v) is 6.94. The second kappa shape index (κ2) is 6.76. The van der Waals surface area contributed by atoms with E-state index in [0.29, 0.717) is 11.5 Å². The van der Waals surface area contributed by atoms with Gasteiger partial charge in [-0.2, -0.15) is 0 Å². The molecule has 5 heteroatoms. The van der Waals surface area contributed by atoms with Crippen molar-refractivity contribution >= 4 is 5.91 Å². The summed E-state index contributed by atoms with van der Waals surface area (Å²) in [6.45, 7) is 3.21. The first-order valence-corrected chi connectivity index (χ1v) is 8.91. The van der Waals surface area contributed by atoms with Crippen LogP contribution in [-0.4, -0.2) is 35.0 Å². The van der Waals surface area contributed by atoms with Crippen LogP contribution in [0.4, 0.5) is 0 Å². The third kappa shape index (κ3) is 3.33. The van der Waals surface area contributed by atoms with E-state index in [2.05, 4.69) is 46.7 Å². The lowest BCUT2D eigenvalue weighted by atomic mass is 9.93. The van der Waals surface area contributed by atoms with Gasteiger partial charge in [-0.1, -0.05) is 30.3 Å². The van der Waals surface area contributed by atoms with E-state index in [4.69, 9.17) is 5.73 Å². The molecular formula is C20H24N4O. The van der Waals surface area contributed by atoms with Crippen molar-refractivity contribution in [2.45, 2.75) is 25.6 Å². The van der Waals surface area contributed by atoms with E-state index in [1.165, 1.54) is 11.3 Å². The summed E-state index contributed by atoms with van der Waals surface area (Å²) in [5.74, 6) is 0.152. The topological polar surface area (TPSA) is 61.6 Å². The van der Waals surface area contributed by atoms with E-state index in [0.717, 1.165) is 32.5 Å². The predicted octanol–water partition coefficient (Wildman–Crippen LogP) is 1.91. The van der Waals surface area contributed by atoms with Crippen LogP contribution >= 0.6 is 0 Å². The summed E-state index contributed by atoms with van der Waals surface area (Å²) in [7, 11) is 0. The van der Waals surface area contributed by atoms with Crippen molar-refractivity contribution in [1.29, 1.82) is 0 Å². The molecule has 1 atom stereocenters. The molecule has 130 valence electrons. The van der Waals surface area contributed by atoms with Gasteiger partial charge < -0.3 is 16.0 Å². The highest BCUT2D eigenvalue weighted by Gasteiger charge is 2.33. The number of likely N-dealkylation sites (tertiary alicyclic amines) is 1.